The molecule has 0 saturated heterocycles. The Morgan fingerprint density at radius 3 is 2.74 bits per heavy atom. The standard InChI is InChI=1S/C18H18FN3O4S/c1-2-22-17(15-4-3-9-25-15)20-21-18(22)27-12-16(23)26-11-10-24-14-7-5-13(19)6-8-14/h3-9H,2,10-12H2,1H3. The van der Waals surface area contributed by atoms with E-state index in [1.54, 1.807) is 18.4 Å². The third kappa shape index (κ3) is 5.10. The maximum atomic E-state index is 12.8. The van der Waals surface area contributed by atoms with Gasteiger partial charge in [0.05, 0.1) is 12.0 Å². The molecule has 0 fully saturated rings. The molecule has 142 valence electrons. The molecule has 2 heterocycles. The second kappa shape index (κ2) is 9.22. The highest BCUT2D eigenvalue weighted by Crippen LogP contribution is 2.24. The van der Waals surface area contributed by atoms with Gasteiger partial charge in [0, 0.05) is 6.54 Å². The number of esters is 1. The summed E-state index contributed by atoms with van der Waals surface area (Å²) in [6, 6.07) is 9.22. The number of ether oxygens (including phenoxy) is 2. The highest BCUT2D eigenvalue weighted by molar-refractivity contribution is 7.99. The number of benzene rings is 1. The summed E-state index contributed by atoms with van der Waals surface area (Å²) in [6.45, 7) is 2.90. The molecular formula is C18H18FN3O4S. The van der Waals surface area contributed by atoms with Crippen molar-refractivity contribution in [3.63, 3.8) is 0 Å². The van der Waals surface area contributed by atoms with Crippen LogP contribution in [-0.2, 0) is 16.1 Å². The van der Waals surface area contributed by atoms with Crippen molar-refractivity contribution in [3.05, 3.63) is 48.5 Å². The first-order valence-electron chi connectivity index (χ1n) is 8.31. The molecule has 1 aromatic carbocycles. The Morgan fingerprint density at radius 2 is 2.04 bits per heavy atom. The maximum absolute atomic E-state index is 12.8. The zero-order valence-electron chi connectivity index (χ0n) is 14.6. The first-order valence-corrected chi connectivity index (χ1v) is 9.29. The Labute approximate surface area is 159 Å². The molecule has 0 unspecified atom stereocenters. The predicted octanol–water partition coefficient (Wildman–Crippen LogP) is 3.41. The third-order valence-corrected chi connectivity index (χ3v) is 4.46. The van der Waals surface area contributed by atoms with E-state index in [1.165, 1.54) is 36.0 Å². The van der Waals surface area contributed by atoms with Crippen molar-refractivity contribution in [2.24, 2.45) is 0 Å². The Balaban J connectivity index is 1.43. The summed E-state index contributed by atoms with van der Waals surface area (Å²) in [5, 5.41) is 8.85. The molecular weight excluding hydrogens is 373 g/mol. The molecule has 3 aromatic rings. The van der Waals surface area contributed by atoms with Gasteiger partial charge in [-0.05, 0) is 43.3 Å². The van der Waals surface area contributed by atoms with E-state index >= 15 is 0 Å². The lowest BCUT2D eigenvalue weighted by Crippen LogP contribution is -2.14. The van der Waals surface area contributed by atoms with E-state index in [0.717, 1.165) is 0 Å². The fraction of sp³-hybridized carbons (Fsp3) is 0.278. The Hall–Kier alpha value is -2.81. The van der Waals surface area contributed by atoms with Gasteiger partial charge in [-0.1, -0.05) is 11.8 Å². The molecule has 0 saturated carbocycles. The molecule has 3 rings (SSSR count). The summed E-state index contributed by atoms with van der Waals surface area (Å²) in [5.74, 6) is 1.15. The summed E-state index contributed by atoms with van der Waals surface area (Å²) < 4.78 is 30.5. The fourth-order valence-corrected chi connectivity index (χ4v) is 3.08. The first-order chi connectivity index (χ1) is 13.2. The van der Waals surface area contributed by atoms with Gasteiger partial charge in [-0.3, -0.25) is 9.36 Å². The van der Waals surface area contributed by atoms with E-state index < -0.39 is 0 Å². The number of hydrogen-bond donors (Lipinski definition) is 0. The number of rotatable bonds is 9. The van der Waals surface area contributed by atoms with Crippen LogP contribution in [0.25, 0.3) is 11.6 Å². The first kappa shape index (κ1) is 19.0. The molecule has 0 radical (unpaired) electrons. The van der Waals surface area contributed by atoms with Crippen molar-refractivity contribution in [2.45, 2.75) is 18.6 Å². The van der Waals surface area contributed by atoms with Gasteiger partial charge in [-0.25, -0.2) is 4.39 Å². The normalized spacial score (nSPS) is 10.7. The Bertz CT molecular complexity index is 865. The van der Waals surface area contributed by atoms with Crippen LogP contribution in [0.2, 0.25) is 0 Å². The van der Waals surface area contributed by atoms with Gasteiger partial charge < -0.3 is 13.9 Å². The molecule has 0 bridgehead atoms. The van der Waals surface area contributed by atoms with Crippen LogP contribution in [0.4, 0.5) is 4.39 Å². The van der Waals surface area contributed by atoms with Crippen LogP contribution < -0.4 is 4.74 Å². The highest BCUT2D eigenvalue weighted by atomic mass is 32.2. The predicted molar refractivity (Wildman–Crippen MR) is 97.0 cm³/mol. The van der Waals surface area contributed by atoms with Crippen LogP contribution >= 0.6 is 11.8 Å². The number of nitrogens with zero attached hydrogens (tertiary/aromatic N) is 3. The SMILES string of the molecule is CCn1c(SCC(=O)OCCOc2ccc(F)cc2)nnc1-c1ccco1. The lowest BCUT2D eigenvalue weighted by molar-refractivity contribution is -0.141. The lowest BCUT2D eigenvalue weighted by atomic mass is 10.3. The number of halogens is 1. The van der Waals surface area contributed by atoms with Gasteiger partial charge in [-0.2, -0.15) is 0 Å². The molecule has 0 amide bonds. The van der Waals surface area contributed by atoms with E-state index in [2.05, 4.69) is 10.2 Å². The topological polar surface area (TPSA) is 79.4 Å². The average molecular weight is 391 g/mol. The van der Waals surface area contributed by atoms with Gasteiger partial charge in [0.1, 0.15) is 24.8 Å². The molecule has 0 atom stereocenters. The molecule has 0 N–H and O–H groups in total. The number of thioether (sulfide) groups is 1. The zero-order valence-corrected chi connectivity index (χ0v) is 15.4. The van der Waals surface area contributed by atoms with Crippen LogP contribution in [0.1, 0.15) is 6.92 Å². The van der Waals surface area contributed by atoms with Gasteiger partial charge >= 0.3 is 5.97 Å². The monoisotopic (exact) mass is 391 g/mol. The second-order valence-electron chi connectivity index (χ2n) is 5.34. The van der Waals surface area contributed by atoms with E-state index in [1.807, 2.05) is 11.5 Å². The van der Waals surface area contributed by atoms with E-state index in [0.29, 0.717) is 29.0 Å². The Kier molecular flexibility index (Phi) is 6.48. The molecule has 9 heteroatoms. The maximum Gasteiger partial charge on any atom is 0.316 e. The highest BCUT2D eigenvalue weighted by Gasteiger charge is 2.16. The largest absolute Gasteiger partial charge is 0.490 e. The average Bonchev–Trinajstić information content (AvgIpc) is 3.34. The summed E-state index contributed by atoms with van der Waals surface area (Å²) in [5.41, 5.74) is 0. The van der Waals surface area contributed by atoms with Crippen molar-refractivity contribution < 1.29 is 23.1 Å². The van der Waals surface area contributed by atoms with Crippen molar-refractivity contribution in [1.29, 1.82) is 0 Å². The quantitative estimate of drug-likeness (QED) is 0.314. The second-order valence-corrected chi connectivity index (χ2v) is 6.28. The van der Waals surface area contributed by atoms with Crippen molar-refractivity contribution in [3.8, 4) is 17.3 Å². The van der Waals surface area contributed by atoms with Gasteiger partial charge in [0.15, 0.2) is 16.7 Å². The van der Waals surface area contributed by atoms with Crippen LogP contribution in [0.3, 0.4) is 0 Å². The number of carbonyl (C=O) groups is 1. The molecule has 0 aliphatic rings. The van der Waals surface area contributed by atoms with E-state index in [9.17, 15) is 9.18 Å². The Morgan fingerprint density at radius 1 is 1.22 bits per heavy atom. The number of furan rings is 1. The van der Waals surface area contributed by atoms with E-state index in [4.69, 9.17) is 13.9 Å². The summed E-state index contributed by atoms with van der Waals surface area (Å²) >= 11 is 1.24. The third-order valence-electron chi connectivity index (χ3n) is 3.52. The smallest absolute Gasteiger partial charge is 0.316 e. The van der Waals surface area contributed by atoms with E-state index in [-0.39, 0.29) is 30.8 Å². The summed E-state index contributed by atoms with van der Waals surface area (Å²) in [6.07, 6.45) is 1.57. The molecule has 0 aliphatic carbocycles. The molecule has 7 nitrogen and oxygen atoms in total. The van der Waals surface area contributed by atoms with Gasteiger partial charge in [0.25, 0.3) is 0 Å². The molecule has 27 heavy (non-hydrogen) atoms. The molecule has 0 spiro atoms. The minimum atomic E-state index is -0.382. The number of carbonyl (C=O) groups excluding carboxylic acids is 1. The molecule has 0 aliphatic heterocycles. The van der Waals surface area contributed by atoms with Crippen LogP contribution in [-0.4, -0.2) is 39.7 Å². The van der Waals surface area contributed by atoms with Crippen molar-refractivity contribution in [2.75, 3.05) is 19.0 Å². The van der Waals surface area contributed by atoms with Crippen LogP contribution in [0.15, 0.2) is 52.2 Å². The fourth-order valence-electron chi connectivity index (χ4n) is 2.28. The van der Waals surface area contributed by atoms with Gasteiger partial charge in [0.2, 0.25) is 0 Å². The summed E-state index contributed by atoms with van der Waals surface area (Å²) in [7, 11) is 0. The number of aromatic nitrogens is 3. The molecule has 2 aromatic heterocycles. The van der Waals surface area contributed by atoms with Crippen LogP contribution in [0, 0.1) is 5.82 Å². The minimum absolute atomic E-state index is 0.104. The zero-order chi connectivity index (χ0) is 19.1. The lowest BCUT2D eigenvalue weighted by Gasteiger charge is -2.08. The summed E-state index contributed by atoms with van der Waals surface area (Å²) in [4.78, 5) is 11.9. The van der Waals surface area contributed by atoms with Crippen molar-refractivity contribution >= 4 is 17.7 Å². The minimum Gasteiger partial charge on any atom is -0.490 e. The van der Waals surface area contributed by atoms with Gasteiger partial charge in [-0.15, -0.1) is 10.2 Å². The van der Waals surface area contributed by atoms with Crippen LogP contribution in [0.5, 0.6) is 5.75 Å². The van der Waals surface area contributed by atoms with Crippen molar-refractivity contribution in [1.82, 2.24) is 14.8 Å². The number of hydrogen-bond acceptors (Lipinski definition) is 7.